The second-order valence-electron chi connectivity index (χ2n) is 3.79. The lowest BCUT2D eigenvalue weighted by molar-refractivity contribution is 0.882. The number of anilines is 1. The van der Waals surface area contributed by atoms with E-state index in [1.54, 1.807) is 12.3 Å². The van der Waals surface area contributed by atoms with Crippen molar-refractivity contribution in [3.63, 3.8) is 0 Å². The van der Waals surface area contributed by atoms with E-state index in [2.05, 4.69) is 45.3 Å². The Hall–Kier alpha value is -1.06. The van der Waals surface area contributed by atoms with E-state index in [0.29, 0.717) is 5.15 Å². The number of nitrogens with one attached hydrogen (secondary N) is 1. The summed E-state index contributed by atoms with van der Waals surface area (Å²) in [6.07, 6.45) is 1.73. The zero-order valence-corrected chi connectivity index (χ0v) is 11.7. The molecule has 1 unspecified atom stereocenters. The predicted octanol–water partition coefficient (Wildman–Crippen LogP) is 4.67. The molecule has 1 aromatic carbocycles. The summed E-state index contributed by atoms with van der Waals surface area (Å²) in [7, 11) is 0. The van der Waals surface area contributed by atoms with E-state index in [0.717, 1.165) is 10.2 Å². The maximum absolute atomic E-state index is 5.74. The van der Waals surface area contributed by atoms with Gasteiger partial charge in [-0.15, -0.1) is 0 Å². The van der Waals surface area contributed by atoms with Crippen LogP contribution in [-0.4, -0.2) is 4.98 Å². The van der Waals surface area contributed by atoms with Crippen LogP contribution in [-0.2, 0) is 0 Å². The average Bonchev–Trinajstić information content (AvgIpc) is 2.32. The third-order valence-electron chi connectivity index (χ3n) is 2.46. The highest BCUT2D eigenvalue weighted by Gasteiger charge is 2.05. The molecular weight excluding hydrogens is 300 g/mol. The Morgan fingerprint density at radius 2 is 2.12 bits per heavy atom. The Bertz CT molecular complexity index is 499. The number of benzene rings is 1. The molecule has 0 spiro atoms. The summed E-state index contributed by atoms with van der Waals surface area (Å²) in [6.45, 7) is 2.11. The molecule has 1 atom stereocenters. The van der Waals surface area contributed by atoms with Crippen LogP contribution >= 0.6 is 27.5 Å². The minimum atomic E-state index is 0.218. The highest BCUT2D eigenvalue weighted by Crippen LogP contribution is 2.22. The molecule has 0 amide bonds. The fourth-order valence-electron chi connectivity index (χ4n) is 1.57. The monoisotopic (exact) mass is 310 g/mol. The van der Waals surface area contributed by atoms with Crippen molar-refractivity contribution >= 4 is 33.2 Å². The third kappa shape index (κ3) is 3.45. The van der Waals surface area contributed by atoms with Crippen LogP contribution in [0.2, 0.25) is 5.15 Å². The molecule has 0 aliphatic carbocycles. The van der Waals surface area contributed by atoms with Crippen LogP contribution in [0.15, 0.2) is 47.1 Å². The third-order valence-corrected chi connectivity index (χ3v) is 3.18. The van der Waals surface area contributed by atoms with Crippen molar-refractivity contribution in [1.29, 1.82) is 0 Å². The predicted molar refractivity (Wildman–Crippen MR) is 75.4 cm³/mol. The molecule has 0 saturated heterocycles. The minimum Gasteiger partial charge on any atom is -0.377 e. The van der Waals surface area contributed by atoms with Gasteiger partial charge in [0.05, 0.1) is 11.9 Å². The molecule has 2 nitrogen and oxygen atoms in total. The van der Waals surface area contributed by atoms with E-state index in [9.17, 15) is 0 Å². The molecule has 0 aliphatic rings. The molecule has 0 fully saturated rings. The van der Waals surface area contributed by atoms with Crippen molar-refractivity contribution < 1.29 is 0 Å². The first-order valence-corrected chi connectivity index (χ1v) is 6.46. The number of halogens is 2. The lowest BCUT2D eigenvalue weighted by Crippen LogP contribution is -2.06. The molecule has 4 heteroatoms. The summed E-state index contributed by atoms with van der Waals surface area (Å²) >= 11 is 9.21. The first-order valence-electron chi connectivity index (χ1n) is 5.29. The van der Waals surface area contributed by atoms with Gasteiger partial charge in [0.15, 0.2) is 0 Å². The van der Waals surface area contributed by atoms with Gasteiger partial charge in [0, 0.05) is 10.5 Å². The SMILES string of the molecule is CC(Nc1ccc(Cl)nc1)c1cccc(Br)c1. The Morgan fingerprint density at radius 3 is 2.76 bits per heavy atom. The maximum Gasteiger partial charge on any atom is 0.129 e. The van der Waals surface area contributed by atoms with E-state index < -0.39 is 0 Å². The van der Waals surface area contributed by atoms with Crippen LogP contribution in [0.25, 0.3) is 0 Å². The summed E-state index contributed by atoms with van der Waals surface area (Å²) in [5.74, 6) is 0. The van der Waals surface area contributed by atoms with Gasteiger partial charge in [-0.3, -0.25) is 0 Å². The Labute approximate surface area is 114 Å². The first kappa shape index (κ1) is 12.4. The molecule has 0 bridgehead atoms. The normalized spacial score (nSPS) is 12.2. The van der Waals surface area contributed by atoms with Crippen LogP contribution < -0.4 is 5.32 Å². The smallest absolute Gasteiger partial charge is 0.129 e. The number of rotatable bonds is 3. The largest absolute Gasteiger partial charge is 0.377 e. The van der Waals surface area contributed by atoms with Crippen molar-refractivity contribution in [2.75, 3.05) is 5.32 Å². The van der Waals surface area contributed by atoms with Crippen molar-refractivity contribution in [2.45, 2.75) is 13.0 Å². The summed E-state index contributed by atoms with van der Waals surface area (Å²) in [5.41, 5.74) is 2.18. The van der Waals surface area contributed by atoms with Gasteiger partial charge in [-0.25, -0.2) is 4.98 Å². The molecule has 2 aromatic rings. The number of hydrogen-bond acceptors (Lipinski definition) is 2. The number of pyridine rings is 1. The summed E-state index contributed by atoms with van der Waals surface area (Å²) in [5, 5.41) is 3.88. The van der Waals surface area contributed by atoms with Gasteiger partial charge in [0.25, 0.3) is 0 Å². The molecule has 88 valence electrons. The van der Waals surface area contributed by atoms with Crippen LogP contribution in [0, 0.1) is 0 Å². The van der Waals surface area contributed by atoms with Gasteiger partial charge in [0.2, 0.25) is 0 Å². The number of hydrogen-bond donors (Lipinski definition) is 1. The fourth-order valence-corrected chi connectivity index (χ4v) is 2.10. The minimum absolute atomic E-state index is 0.218. The van der Waals surface area contributed by atoms with Gasteiger partial charge >= 0.3 is 0 Å². The van der Waals surface area contributed by atoms with Crippen molar-refractivity contribution in [1.82, 2.24) is 4.98 Å². The average molecular weight is 312 g/mol. The van der Waals surface area contributed by atoms with Crippen LogP contribution in [0.4, 0.5) is 5.69 Å². The molecule has 2 rings (SSSR count). The second-order valence-corrected chi connectivity index (χ2v) is 5.09. The molecule has 0 saturated carbocycles. The molecule has 0 aliphatic heterocycles. The molecular formula is C13H12BrClN2. The summed E-state index contributed by atoms with van der Waals surface area (Å²) in [4.78, 5) is 4.04. The molecule has 1 aromatic heterocycles. The van der Waals surface area contributed by atoms with E-state index in [-0.39, 0.29) is 6.04 Å². The lowest BCUT2D eigenvalue weighted by atomic mass is 10.1. The van der Waals surface area contributed by atoms with Crippen LogP contribution in [0.1, 0.15) is 18.5 Å². The van der Waals surface area contributed by atoms with Gasteiger partial charge in [-0.2, -0.15) is 0 Å². The fraction of sp³-hybridized carbons (Fsp3) is 0.154. The number of nitrogens with zero attached hydrogens (tertiary/aromatic N) is 1. The number of aromatic nitrogens is 1. The Kier molecular flexibility index (Phi) is 4.02. The van der Waals surface area contributed by atoms with Crippen molar-refractivity contribution in [2.24, 2.45) is 0 Å². The lowest BCUT2D eigenvalue weighted by Gasteiger charge is -2.15. The molecule has 17 heavy (non-hydrogen) atoms. The van der Waals surface area contributed by atoms with Crippen molar-refractivity contribution in [3.8, 4) is 0 Å². The highest BCUT2D eigenvalue weighted by molar-refractivity contribution is 9.10. The van der Waals surface area contributed by atoms with E-state index in [1.807, 2.05) is 18.2 Å². The Balaban J connectivity index is 2.11. The van der Waals surface area contributed by atoms with Crippen LogP contribution in [0.3, 0.4) is 0 Å². The van der Waals surface area contributed by atoms with E-state index >= 15 is 0 Å². The second kappa shape index (κ2) is 5.52. The first-order chi connectivity index (χ1) is 8.15. The molecule has 1 heterocycles. The maximum atomic E-state index is 5.74. The molecule has 1 N–H and O–H groups in total. The zero-order valence-electron chi connectivity index (χ0n) is 9.32. The van der Waals surface area contributed by atoms with Gasteiger partial charge in [-0.1, -0.05) is 39.7 Å². The van der Waals surface area contributed by atoms with Gasteiger partial charge in [0.1, 0.15) is 5.15 Å². The quantitative estimate of drug-likeness (QED) is 0.833. The van der Waals surface area contributed by atoms with Gasteiger partial charge in [-0.05, 0) is 36.8 Å². The highest BCUT2D eigenvalue weighted by atomic mass is 79.9. The summed E-state index contributed by atoms with van der Waals surface area (Å²) < 4.78 is 1.08. The van der Waals surface area contributed by atoms with Crippen LogP contribution in [0.5, 0.6) is 0 Å². The molecule has 0 radical (unpaired) electrons. The Morgan fingerprint density at radius 1 is 1.29 bits per heavy atom. The topological polar surface area (TPSA) is 24.9 Å². The standard InChI is InChI=1S/C13H12BrClN2/c1-9(10-3-2-4-11(14)7-10)17-12-5-6-13(15)16-8-12/h2-9,17H,1H3. The summed E-state index contributed by atoms with van der Waals surface area (Å²) in [6, 6.07) is 12.1. The van der Waals surface area contributed by atoms with E-state index in [1.165, 1.54) is 5.56 Å². The van der Waals surface area contributed by atoms with E-state index in [4.69, 9.17) is 11.6 Å². The van der Waals surface area contributed by atoms with Crippen molar-refractivity contribution in [3.05, 3.63) is 57.8 Å². The van der Waals surface area contributed by atoms with Gasteiger partial charge < -0.3 is 5.32 Å². The zero-order chi connectivity index (χ0) is 12.3.